The van der Waals surface area contributed by atoms with Gasteiger partial charge in [-0.05, 0) is 0 Å². The molecule has 0 radical (unpaired) electrons. The van der Waals surface area contributed by atoms with Crippen LogP contribution in [0.15, 0.2) is 0 Å². The Hall–Kier alpha value is 0.847. The SMILES string of the molecule is CC(=O)O.[Ce]. The van der Waals surface area contributed by atoms with Crippen molar-refractivity contribution in [2.24, 2.45) is 0 Å². The van der Waals surface area contributed by atoms with E-state index < -0.39 is 5.97 Å². The van der Waals surface area contributed by atoms with Gasteiger partial charge in [-0.1, -0.05) is 0 Å². The van der Waals surface area contributed by atoms with Crippen LogP contribution < -0.4 is 0 Å². The summed E-state index contributed by atoms with van der Waals surface area (Å²) in [5.41, 5.74) is 0. The van der Waals surface area contributed by atoms with Crippen LogP contribution in [0.1, 0.15) is 6.92 Å². The van der Waals surface area contributed by atoms with Crippen molar-refractivity contribution < 1.29 is 51.6 Å². The Morgan fingerprint density at radius 2 is 1.80 bits per heavy atom. The number of hydrogen-bond acceptors (Lipinski definition) is 1. The number of rotatable bonds is 0. The monoisotopic (exact) mass is 200 g/mol. The molecule has 0 saturated carbocycles. The van der Waals surface area contributed by atoms with Gasteiger partial charge in [0, 0.05) is 48.7 Å². The number of aliphatic carboxylic acids is 1. The van der Waals surface area contributed by atoms with Crippen LogP contribution in [0.4, 0.5) is 0 Å². The predicted molar refractivity (Wildman–Crippen MR) is 13.3 cm³/mol. The molecule has 0 aliphatic rings. The molecule has 0 amide bonds. The van der Waals surface area contributed by atoms with Gasteiger partial charge in [0.2, 0.25) is 0 Å². The molecule has 0 aliphatic carbocycles. The summed E-state index contributed by atoms with van der Waals surface area (Å²) in [6.45, 7) is 1.08. The predicted octanol–water partition coefficient (Wildman–Crippen LogP) is 0.0909. The summed E-state index contributed by atoms with van der Waals surface area (Å²) in [6.07, 6.45) is 0. The molecule has 0 aromatic carbocycles. The van der Waals surface area contributed by atoms with Crippen molar-refractivity contribution in [1.29, 1.82) is 0 Å². The molecule has 0 spiro atoms. The molecule has 0 aromatic rings. The normalized spacial score (nSPS) is 5.00. The largest absolute Gasteiger partial charge is 0.481 e. The van der Waals surface area contributed by atoms with Crippen LogP contribution >= 0.6 is 0 Å². The maximum Gasteiger partial charge on any atom is 0.300 e. The smallest absolute Gasteiger partial charge is 0.300 e. The van der Waals surface area contributed by atoms with E-state index in [-0.39, 0.29) is 41.7 Å². The summed E-state index contributed by atoms with van der Waals surface area (Å²) in [5, 5.41) is 7.42. The molecule has 0 aliphatic heterocycles. The number of hydrogen-bond donors (Lipinski definition) is 1. The van der Waals surface area contributed by atoms with E-state index in [4.69, 9.17) is 9.90 Å². The second kappa shape index (κ2) is 4.85. The van der Waals surface area contributed by atoms with Gasteiger partial charge in [-0.3, -0.25) is 4.79 Å². The van der Waals surface area contributed by atoms with Gasteiger partial charge >= 0.3 is 0 Å². The average Bonchev–Trinajstić information content (AvgIpc) is 0.811. The molecule has 0 heterocycles. The van der Waals surface area contributed by atoms with E-state index in [9.17, 15) is 0 Å². The second-order valence-corrected chi connectivity index (χ2v) is 0.519. The van der Waals surface area contributed by atoms with Crippen molar-refractivity contribution in [3.05, 3.63) is 0 Å². The van der Waals surface area contributed by atoms with Gasteiger partial charge in [-0.25, -0.2) is 0 Å². The maximum atomic E-state index is 9.00. The summed E-state index contributed by atoms with van der Waals surface area (Å²) in [5.74, 6) is -0.833. The van der Waals surface area contributed by atoms with Crippen molar-refractivity contribution in [3.63, 3.8) is 0 Å². The number of carboxylic acids is 1. The average molecular weight is 200 g/mol. The quantitative estimate of drug-likeness (QED) is 0.601. The summed E-state index contributed by atoms with van der Waals surface area (Å²) in [7, 11) is 0. The molecule has 0 rings (SSSR count). The van der Waals surface area contributed by atoms with E-state index in [1.54, 1.807) is 0 Å². The van der Waals surface area contributed by atoms with Gasteiger partial charge in [0.25, 0.3) is 5.97 Å². The van der Waals surface area contributed by atoms with Crippen LogP contribution in [-0.4, -0.2) is 11.1 Å². The van der Waals surface area contributed by atoms with Crippen molar-refractivity contribution in [2.75, 3.05) is 0 Å². The van der Waals surface area contributed by atoms with Gasteiger partial charge < -0.3 is 5.11 Å². The van der Waals surface area contributed by atoms with E-state index in [0.29, 0.717) is 0 Å². The van der Waals surface area contributed by atoms with Crippen molar-refractivity contribution in [3.8, 4) is 0 Å². The summed E-state index contributed by atoms with van der Waals surface area (Å²) in [4.78, 5) is 9.00. The zero-order valence-corrected chi connectivity index (χ0v) is 6.00. The van der Waals surface area contributed by atoms with Gasteiger partial charge in [-0.2, -0.15) is 0 Å². The Bertz CT molecular complexity index is 30.6. The first-order chi connectivity index (χ1) is 1.73. The van der Waals surface area contributed by atoms with Crippen LogP contribution in [0.5, 0.6) is 0 Å². The fraction of sp³-hybridized carbons (Fsp3) is 0.500. The summed E-state index contributed by atoms with van der Waals surface area (Å²) >= 11 is 0. The van der Waals surface area contributed by atoms with Crippen LogP contribution in [0.3, 0.4) is 0 Å². The third-order valence-electron chi connectivity index (χ3n) is 0. The standard InChI is InChI=1S/C2H4O2.Ce/c1-2(3)4;/h1H3,(H,3,4);. The Kier molecular flexibility index (Phi) is 9.00. The summed E-state index contributed by atoms with van der Waals surface area (Å²) < 4.78 is 0. The summed E-state index contributed by atoms with van der Waals surface area (Å²) in [6, 6.07) is 0. The molecule has 28 valence electrons. The molecule has 0 bridgehead atoms. The first-order valence-electron chi connectivity index (χ1n) is 0.928. The van der Waals surface area contributed by atoms with Crippen molar-refractivity contribution >= 4 is 5.97 Å². The Labute approximate surface area is 63.9 Å². The zero-order valence-electron chi connectivity index (χ0n) is 2.86. The third-order valence-corrected chi connectivity index (χ3v) is 0. The third kappa shape index (κ3) is 54.8. The van der Waals surface area contributed by atoms with Crippen molar-refractivity contribution in [1.82, 2.24) is 0 Å². The molecular weight excluding hydrogens is 196 g/mol. The molecule has 0 aromatic heterocycles. The van der Waals surface area contributed by atoms with Gasteiger partial charge in [0.05, 0.1) is 0 Å². The van der Waals surface area contributed by atoms with Crippen LogP contribution in [0.2, 0.25) is 0 Å². The Morgan fingerprint density at radius 1 is 1.80 bits per heavy atom. The van der Waals surface area contributed by atoms with Gasteiger partial charge in [0.15, 0.2) is 0 Å². The van der Waals surface area contributed by atoms with E-state index in [0.717, 1.165) is 6.92 Å². The minimum Gasteiger partial charge on any atom is -0.481 e. The van der Waals surface area contributed by atoms with Gasteiger partial charge in [-0.15, -0.1) is 0 Å². The van der Waals surface area contributed by atoms with E-state index in [1.807, 2.05) is 0 Å². The van der Waals surface area contributed by atoms with Crippen LogP contribution in [-0.2, 0) is 4.79 Å². The minimum atomic E-state index is -0.833. The molecule has 3 heteroatoms. The molecule has 0 fully saturated rings. The molecule has 2 nitrogen and oxygen atoms in total. The number of carboxylic acid groups (broad SMARTS) is 1. The maximum absolute atomic E-state index is 9.00. The van der Waals surface area contributed by atoms with Gasteiger partial charge in [0.1, 0.15) is 0 Å². The molecular formula is C2H4CeO2. The fourth-order valence-corrected chi connectivity index (χ4v) is 0. The van der Waals surface area contributed by atoms with E-state index >= 15 is 0 Å². The molecule has 0 saturated heterocycles. The number of carbonyl (C=O) groups is 1. The fourth-order valence-electron chi connectivity index (χ4n) is 0. The molecule has 5 heavy (non-hydrogen) atoms. The van der Waals surface area contributed by atoms with E-state index in [2.05, 4.69) is 0 Å². The first-order valence-corrected chi connectivity index (χ1v) is 0.928. The van der Waals surface area contributed by atoms with Crippen LogP contribution in [0.25, 0.3) is 0 Å². The molecule has 1 N–H and O–H groups in total. The molecule has 0 atom stereocenters. The Balaban J connectivity index is 0. The molecule has 0 unspecified atom stereocenters. The topological polar surface area (TPSA) is 37.3 Å². The Morgan fingerprint density at radius 3 is 1.80 bits per heavy atom. The second-order valence-electron chi connectivity index (χ2n) is 0.519. The van der Waals surface area contributed by atoms with Crippen molar-refractivity contribution in [2.45, 2.75) is 6.92 Å². The van der Waals surface area contributed by atoms with E-state index in [1.165, 1.54) is 0 Å². The zero-order chi connectivity index (χ0) is 3.58. The van der Waals surface area contributed by atoms with Crippen LogP contribution in [0, 0.1) is 41.7 Å². The first kappa shape index (κ1) is 9.28. The minimum absolute atomic E-state index is 0.